The molecule has 0 bridgehead atoms. The smallest absolute Gasteiger partial charge is 0.273 e. The molecule has 0 aliphatic carbocycles. The van der Waals surface area contributed by atoms with E-state index in [1.165, 1.54) is 16.9 Å². The Morgan fingerprint density at radius 1 is 1.11 bits per heavy atom. The average Bonchev–Trinajstić information content (AvgIpc) is 3.44. The van der Waals surface area contributed by atoms with Crippen LogP contribution in [0.5, 0.6) is 0 Å². The standard InChI is InChI=1S/C21H19N5OS/c1-14-6-5-7-16(10-14)26-20(24-8-3-4-9-24)17-11-25(12-18(17)23-26)21(27)19-13-28-15(2)22-19/h3-10,13H,11-12H2,1-2H3. The molecule has 0 atom stereocenters. The van der Waals surface area contributed by atoms with E-state index in [-0.39, 0.29) is 5.91 Å². The molecule has 0 spiro atoms. The third-order valence-electron chi connectivity index (χ3n) is 4.95. The molecular formula is C21H19N5OS. The molecule has 1 aromatic carbocycles. The van der Waals surface area contributed by atoms with Crippen LogP contribution in [0.1, 0.15) is 32.3 Å². The Labute approximate surface area is 166 Å². The lowest BCUT2D eigenvalue weighted by molar-refractivity contribution is 0.0744. The van der Waals surface area contributed by atoms with Crippen molar-refractivity contribution in [2.75, 3.05) is 0 Å². The van der Waals surface area contributed by atoms with Crippen LogP contribution < -0.4 is 0 Å². The largest absolute Gasteiger partial charge is 0.327 e. The molecule has 1 aliphatic rings. The van der Waals surface area contributed by atoms with Crippen LogP contribution in [0.2, 0.25) is 0 Å². The van der Waals surface area contributed by atoms with Gasteiger partial charge in [0.1, 0.15) is 11.5 Å². The van der Waals surface area contributed by atoms with Gasteiger partial charge in [-0.2, -0.15) is 5.10 Å². The predicted octanol–water partition coefficient (Wildman–Crippen LogP) is 3.89. The van der Waals surface area contributed by atoms with Crippen LogP contribution in [0, 0.1) is 13.8 Å². The Balaban J connectivity index is 1.56. The van der Waals surface area contributed by atoms with E-state index in [2.05, 4.69) is 34.7 Å². The molecule has 0 saturated carbocycles. The molecule has 0 N–H and O–H groups in total. The quantitative estimate of drug-likeness (QED) is 0.534. The number of fused-ring (bicyclic) bond motifs is 1. The van der Waals surface area contributed by atoms with Gasteiger partial charge in [0.05, 0.1) is 29.5 Å². The topological polar surface area (TPSA) is 56.0 Å². The predicted molar refractivity (Wildman–Crippen MR) is 108 cm³/mol. The number of nitrogens with zero attached hydrogens (tertiary/aromatic N) is 5. The van der Waals surface area contributed by atoms with Gasteiger partial charge >= 0.3 is 0 Å². The monoisotopic (exact) mass is 389 g/mol. The first-order valence-corrected chi connectivity index (χ1v) is 10.0. The zero-order chi connectivity index (χ0) is 19.3. The molecule has 28 heavy (non-hydrogen) atoms. The van der Waals surface area contributed by atoms with Gasteiger partial charge in [-0.3, -0.25) is 4.79 Å². The number of hydrogen-bond acceptors (Lipinski definition) is 4. The molecule has 0 unspecified atom stereocenters. The van der Waals surface area contributed by atoms with Crippen molar-refractivity contribution >= 4 is 17.2 Å². The molecule has 6 nitrogen and oxygen atoms in total. The average molecular weight is 389 g/mol. The second-order valence-electron chi connectivity index (χ2n) is 7.00. The van der Waals surface area contributed by atoms with E-state index in [9.17, 15) is 4.79 Å². The Bertz CT molecular complexity index is 1170. The summed E-state index contributed by atoms with van der Waals surface area (Å²) >= 11 is 1.50. The minimum absolute atomic E-state index is 0.0390. The van der Waals surface area contributed by atoms with Crippen LogP contribution in [-0.2, 0) is 13.1 Å². The van der Waals surface area contributed by atoms with Gasteiger partial charge in [0.2, 0.25) is 0 Å². The van der Waals surface area contributed by atoms with Crippen LogP contribution in [0.25, 0.3) is 11.5 Å². The number of carbonyl (C=O) groups excluding carboxylic acids is 1. The van der Waals surface area contributed by atoms with Gasteiger partial charge in [-0.15, -0.1) is 11.3 Å². The first kappa shape index (κ1) is 16.9. The van der Waals surface area contributed by atoms with E-state index < -0.39 is 0 Å². The molecule has 4 heterocycles. The molecule has 1 aliphatic heterocycles. The van der Waals surface area contributed by atoms with E-state index in [4.69, 9.17) is 5.10 Å². The van der Waals surface area contributed by atoms with E-state index in [0.717, 1.165) is 27.8 Å². The van der Waals surface area contributed by atoms with Crippen molar-refractivity contribution in [2.45, 2.75) is 26.9 Å². The van der Waals surface area contributed by atoms with E-state index in [0.29, 0.717) is 18.8 Å². The second kappa shape index (κ2) is 6.45. The summed E-state index contributed by atoms with van der Waals surface area (Å²) in [4.78, 5) is 19.0. The van der Waals surface area contributed by atoms with E-state index in [1.54, 1.807) is 0 Å². The maximum Gasteiger partial charge on any atom is 0.273 e. The summed E-state index contributed by atoms with van der Waals surface area (Å²) < 4.78 is 4.04. The normalized spacial score (nSPS) is 13.1. The van der Waals surface area contributed by atoms with Crippen molar-refractivity contribution in [1.29, 1.82) is 0 Å². The fraction of sp³-hybridized carbons (Fsp3) is 0.190. The lowest BCUT2D eigenvalue weighted by atomic mass is 10.2. The SMILES string of the molecule is Cc1cccc(-n2nc3c(c2-n2cccc2)CN(C(=O)c2csc(C)n2)C3)c1. The second-order valence-corrected chi connectivity index (χ2v) is 8.07. The summed E-state index contributed by atoms with van der Waals surface area (Å²) in [6.07, 6.45) is 4.02. The van der Waals surface area contributed by atoms with Crippen LogP contribution >= 0.6 is 11.3 Å². The van der Waals surface area contributed by atoms with Crippen molar-refractivity contribution in [3.8, 4) is 11.5 Å². The fourth-order valence-electron chi connectivity index (χ4n) is 3.65. The summed E-state index contributed by atoms with van der Waals surface area (Å²) in [6.45, 7) is 5.02. The summed E-state index contributed by atoms with van der Waals surface area (Å²) in [5.74, 6) is 0.943. The van der Waals surface area contributed by atoms with Gasteiger partial charge in [0.15, 0.2) is 0 Å². The van der Waals surface area contributed by atoms with Gasteiger partial charge in [-0.25, -0.2) is 9.67 Å². The third-order valence-corrected chi connectivity index (χ3v) is 5.72. The zero-order valence-corrected chi connectivity index (χ0v) is 16.5. The van der Waals surface area contributed by atoms with Crippen molar-refractivity contribution in [3.05, 3.63) is 81.7 Å². The first-order chi connectivity index (χ1) is 13.6. The number of amides is 1. The van der Waals surface area contributed by atoms with Crippen LogP contribution in [0.15, 0.2) is 54.2 Å². The molecular weight excluding hydrogens is 370 g/mol. The Morgan fingerprint density at radius 3 is 2.64 bits per heavy atom. The highest BCUT2D eigenvalue weighted by Crippen LogP contribution is 2.31. The summed E-state index contributed by atoms with van der Waals surface area (Å²) in [7, 11) is 0. The third kappa shape index (κ3) is 2.75. The highest BCUT2D eigenvalue weighted by Gasteiger charge is 2.32. The fourth-order valence-corrected chi connectivity index (χ4v) is 4.24. The summed E-state index contributed by atoms with van der Waals surface area (Å²) in [5, 5.41) is 7.60. The molecule has 4 aromatic rings. The van der Waals surface area contributed by atoms with Gasteiger partial charge in [0.25, 0.3) is 5.91 Å². The number of carbonyl (C=O) groups is 1. The summed E-state index contributed by atoms with van der Waals surface area (Å²) in [6, 6.07) is 12.3. The number of benzene rings is 1. The van der Waals surface area contributed by atoms with E-state index in [1.807, 2.05) is 52.5 Å². The van der Waals surface area contributed by atoms with Gasteiger partial charge < -0.3 is 9.47 Å². The number of hydrogen-bond donors (Lipinski definition) is 0. The molecule has 140 valence electrons. The number of aryl methyl sites for hydroxylation is 2. The molecule has 3 aromatic heterocycles. The number of aromatic nitrogens is 4. The Morgan fingerprint density at radius 2 is 1.93 bits per heavy atom. The summed E-state index contributed by atoms with van der Waals surface area (Å²) in [5.41, 5.74) is 4.73. The Kier molecular flexibility index (Phi) is 3.91. The number of rotatable bonds is 3. The van der Waals surface area contributed by atoms with Gasteiger partial charge in [0, 0.05) is 23.3 Å². The lowest BCUT2D eigenvalue weighted by Gasteiger charge is -2.16. The molecule has 1 amide bonds. The lowest BCUT2D eigenvalue weighted by Crippen LogP contribution is -2.26. The van der Waals surface area contributed by atoms with Gasteiger partial charge in [-0.1, -0.05) is 12.1 Å². The molecule has 5 rings (SSSR count). The van der Waals surface area contributed by atoms with Crippen LogP contribution in [-0.4, -0.2) is 30.1 Å². The highest BCUT2D eigenvalue weighted by atomic mass is 32.1. The molecule has 7 heteroatoms. The first-order valence-electron chi connectivity index (χ1n) is 9.13. The molecule has 0 saturated heterocycles. The maximum absolute atomic E-state index is 12.9. The minimum atomic E-state index is -0.0390. The Hall–Kier alpha value is -3.19. The zero-order valence-electron chi connectivity index (χ0n) is 15.7. The molecule has 0 fully saturated rings. The van der Waals surface area contributed by atoms with Crippen LogP contribution in [0.3, 0.4) is 0 Å². The number of thiazole rings is 1. The molecule has 0 radical (unpaired) electrons. The van der Waals surface area contributed by atoms with Crippen molar-refractivity contribution in [1.82, 2.24) is 24.2 Å². The van der Waals surface area contributed by atoms with Crippen molar-refractivity contribution in [3.63, 3.8) is 0 Å². The highest BCUT2D eigenvalue weighted by molar-refractivity contribution is 7.09. The van der Waals surface area contributed by atoms with Crippen molar-refractivity contribution < 1.29 is 4.79 Å². The van der Waals surface area contributed by atoms with Gasteiger partial charge in [-0.05, 0) is 43.7 Å². The maximum atomic E-state index is 12.9. The minimum Gasteiger partial charge on any atom is -0.327 e. The van der Waals surface area contributed by atoms with Crippen LogP contribution in [0.4, 0.5) is 0 Å². The van der Waals surface area contributed by atoms with E-state index >= 15 is 0 Å². The van der Waals surface area contributed by atoms with Crippen molar-refractivity contribution in [2.24, 2.45) is 0 Å².